The second kappa shape index (κ2) is 9.35. The molecule has 0 aliphatic rings. The van der Waals surface area contributed by atoms with Gasteiger partial charge in [0.2, 0.25) is 5.91 Å². The van der Waals surface area contributed by atoms with Crippen molar-refractivity contribution in [2.45, 2.75) is 27.2 Å². The van der Waals surface area contributed by atoms with Crippen LogP contribution in [-0.4, -0.2) is 34.8 Å². The predicted octanol–water partition coefficient (Wildman–Crippen LogP) is 4.89. The number of halogens is 2. The molecule has 0 atom stereocenters. The molecule has 0 saturated heterocycles. The molecule has 8 heteroatoms. The lowest BCUT2D eigenvalue weighted by Crippen LogP contribution is -2.39. The molecule has 1 aromatic heterocycles. The number of carbonyl (C=O) groups excluding carboxylic acids is 2. The monoisotopic (exact) mass is 413 g/mol. The molecule has 26 heavy (non-hydrogen) atoms. The Labute approximate surface area is 167 Å². The fourth-order valence-electron chi connectivity index (χ4n) is 2.27. The third-order valence-electron chi connectivity index (χ3n) is 3.57. The molecule has 0 bridgehead atoms. The summed E-state index contributed by atoms with van der Waals surface area (Å²) in [5.74, 6) is -0.164. The summed E-state index contributed by atoms with van der Waals surface area (Å²) in [7, 11) is 0. The summed E-state index contributed by atoms with van der Waals surface area (Å²) in [6.07, 6.45) is 0.781. The quantitative estimate of drug-likeness (QED) is 0.702. The molecule has 1 aromatic carbocycles. The summed E-state index contributed by atoms with van der Waals surface area (Å²) in [6, 6.07) is 4.68. The van der Waals surface area contributed by atoms with Gasteiger partial charge in [-0.1, -0.05) is 37.0 Å². The van der Waals surface area contributed by atoms with Crippen LogP contribution in [0.5, 0.6) is 0 Å². The minimum Gasteiger partial charge on any atom is -0.329 e. The van der Waals surface area contributed by atoms with Crippen LogP contribution in [0.25, 0.3) is 0 Å². The largest absolute Gasteiger partial charge is 0.329 e. The molecule has 2 aromatic rings. The smallest absolute Gasteiger partial charge is 0.254 e. The van der Waals surface area contributed by atoms with E-state index in [2.05, 4.69) is 24.1 Å². The van der Waals surface area contributed by atoms with Gasteiger partial charge in [-0.2, -0.15) is 0 Å². The zero-order valence-corrected chi connectivity index (χ0v) is 17.2. The molecule has 140 valence electrons. The second-order valence-electron chi connectivity index (χ2n) is 6.41. The van der Waals surface area contributed by atoms with Gasteiger partial charge >= 0.3 is 0 Å². The number of carbonyl (C=O) groups is 2. The van der Waals surface area contributed by atoms with Crippen LogP contribution in [0.4, 0.5) is 5.13 Å². The first kappa shape index (κ1) is 20.7. The van der Waals surface area contributed by atoms with Gasteiger partial charge in [0.25, 0.3) is 5.91 Å². The zero-order chi connectivity index (χ0) is 19.3. The topological polar surface area (TPSA) is 62.3 Å². The van der Waals surface area contributed by atoms with Crippen molar-refractivity contribution in [3.05, 3.63) is 44.9 Å². The number of aryl methyl sites for hydroxylation is 1. The van der Waals surface area contributed by atoms with E-state index in [-0.39, 0.29) is 18.4 Å². The number of benzene rings is 1. The highest BCUT2D eigenvalue weighted by molar-refractivity contribution is 7.13. The minimum absolute atomic E-state index is 0.0612. The van der Waals surface area contributed by atoms with Gasteiger partial charge in [-0.15, -0.1) is 11.3 Å². The summed E-state index contributed by atoms with van der Waals surface area (Å²) in [5, 5.41) is 5.87. The van der Waals surface area contributed by atoms with E-state index < -0.39 is 0 Å². The van der Waals surface area contributed by atoms with Crippen LogP contribution in [0, 0.1) is 12.8 Å². The maximum absolute atomic E-state index is 12.9. The van der Waals surface area contributed by atoms with Crippen LogP contribution in [0.3, 0.4) is 0 Å². The van der Waals surface area contributed by atoms with E-state index in [9.17, 15) is 9.59 Å². The summed E-state index contributed by atoms with van der Waals surface area (Å²) in [4.78, 5) is 30.9. The molecule has 0 aliphatic heterocycles. The van der Waals surface area contributed by atoms with Crippen LogP contribution >= 0.6 is 34.5 Å². The van der Waals surface area contributed by atoms with Crippen molar-refractivity contribution in [2.75, 3.05) is 18.4 Å². The van der Waals surface area contributed by atoms with Gasteiger partial charge in [-0.3, -0.25) is 9.59 Å². The molecule has 1 heterocycles. The van der Waals surface area contributed by atoms with E-state index in [1.165, 1.54) is 16.2 Å². The average molecular weight is 414 g/mol. The van der Waals surface area contributed by atoms with Crippen molar-refractivity contribution in [1.29, 1.82) is 0 Å². The third-order valence-corrected chi connectivity index (χ3v) is 4.88. The standard InChI is InChI=1S/C18H21Cl2N3O2S/c1-11(2)4-5-23(9-16(24)22-18-21-12(3)10-26-18)17(25)13-6-14(19)8-15(20)7-13/h6-8,10-11H,4-5,9H2,1-3H3,(H,21,22,24). The van der Waals surface area contributed by atoms with Crippen molar-refractivity contribution in [2.24, 2.45) is 5.92 Å². The second-order valence-corrected chi connectivity index (χ2v) is 8.14. The number of hydrogen-bond acceptors (Lipinski definition) is 4. The van der Waals surface area contributed by atoms with Gasteiger partial charge in [0.1, 0.15) is 6.54 Å². The summed E-state index contributed by atoms with van der Waals surface area (Å²) in [5.41, 5.74) is 1.20. The van der Waals surface area contributed by atoms with E-state index in [1.807, 2.05) is 12.3 Å². The van der Waals surface area contributed by atoms with Crippen LogP contribution in [0.2, 0.25) is 10.0 Å². The van der Waals surface area contributed by atoms with E-state index in [1.54, 1.807) is 18.2 Å². The molecule has 0 aliphatic carbocycles. The number of amides is 2. The summed E-state index contributed by atoms with van der Waals surface area (Å²) >= 11 is 13.4. The summed E-state index contributed by atoms with van der Waals surface area (Å²) < 4.78 is 0. The number of thiazole rings is 1. The number of hydrogen-bond donors (Lipinski definition) is 1. The Bertz CT molecular complexity index is 772. The van der Waals surface area contributed by atoms with Crippen LogP contribution < -0.4 is 5.32 Å². The average Bonchev–Trinajstić information content (AvgIpc) is 2.94. The number of anilines is 1. The van der Waals surface area contributed by atoms with Gasteiger partial charge in [0, 0.05) is 27.5 Å². The van der Waals surface area contributed by atoms with Crippen molar-refractivity contribution < 1.29 is 9.59 Å². The van der Waals surface area contributed by atoms with Crippen molar-refractivity contribution >= 4 is 51.5 Å². The molecule has 0 fully saturated rings. The first-order valence-corrected chi connectivity index (χ1v) is 9.85. The van der Waals surface area contributed by atoms with Gasteiger partial charge in [0.15, 0.2) is 5.13 Å². The highest BCUT2D eigenvalue weighted by Crippen LogP contribution is 2.21. The fourth-order valence-corrected chi connectivity index (χ4v) is 3.50. The lowest BCUT2D eigenvalue weighted by molar-refractivity contribution is -0.116. The maximum atomic E-state index is 12.9. The van der Waals surface area contributed by atoms with E-state index >= 15 is 0 Å². The minimum atomic E-state index is -0.287. The SMILES string of the molecule is Cc1csc(NC(=O)CN(CCC(C)C)C(=O)c2cc(Cl)cc(Cl)c2)n1. The fraction of sp³-hybridized carbons (Fsp3) is 0.389. The Kier molecular flexibility index (Phi) is 7.43. The molecule has 0 radical (unpaired) electrons. The number of nitrogens with one attached hydrogen (secondary N) is 1. The molecule has 0 spiro atoms. The number of aromatic nitrogens is 1. The maximum Gasteiger partial charge on any atom is 0.254 e. The van der Waals surface area contributed by atoms with Gasteiger partial charge in [0.05, 0.1) is 5.69 Å². The first-order valence-electron chi connectivity index (χ1n) is 8.22. The Balaban J connectivity index is 2.13. The Morgan fingerprint density at radius 1 is 1.23 bits per heavy atom. The van der Waals surface area contributed by atoms with E-state index in [0.717, 1.165) is 12.1 Å². The molecular weight excluding hydrogens is 393 g/mol. The molecule has 1 N–H and O–H groups in total. The molecule has 5 nitrogen and oxygen atoms in total. The summed E-state index contributed by atoms with van der Waals surface area (Å²) in [6.45, 7) is 6.39. The predicted molar refractivity (Wildman–Crippen MR) is 107 cm³/mol. The number of nitrogens with zero attached hydrogens (tertiary/aromatic N) is 2. The Hall–Kier alpha value is -1.63. The van der Waals surface area contributed by atoms with E-state index in [0.29, 0.717) is 33.2 Å². The zero-order valence-electron chi connectivity index (χ0n) is 14.9. The highest BCUT2D eigenvalue weighted by atomic mass is 35.5. The molecule has 0 unspecified atom stereocenters. The van der Waals surface area contributed by atoms with Crippen molar-refractivity contribution in [3.63, 3.8) is 0 Å². The van der Waals surface area contributed by atoms with E-state index in [4.69, 9.17) is 23.2 Å². The van der Waals surface area contributed by atoms with Crippen LogP contribution in [-0.2, 0) is 4.79 Å². The third kappa shape index (κ3) is 6.27. The van der Waals surface area contributed by atoms with Crippen molar-refractivity contribution in [1.82, 2.24) is 9.88 Å². The van der Waals surface area contributed by atoms with Crippen LogP contribution in [0.1, 0.15) is 36.3 Å². The lowest BCUT2D eigenvalue weighted by Gasteiger charge is -2.23. The normalized spacial score (nSPS) is 10.8. The lowest BCUT2D eigenvalue weighted by atomic mass is 10.1. The Morgan fingerprint density at radius 3 is 2.42 bits per heavy atom. The van der Waals surface area contributed by atoms with Gasteiger partial charge in [-0.05, 0) is 37.5 Å². The highest BCUT2D eigenvalue weighted by Gasteiger charge is 2.20. The molecule has 2 amide bonds. The molecule has 0 saturated carbocycles. The van der Waals surface area contributed by atoms with Crippen molar-refractivity contribution in [3.8, 4) is 0 Å². The first-order chi connectivity index (χ1) is 12.2. The Morgan fingerprint density at radius 2 is 1.88 bits per heavy atom. The molecule has 2 rings (SSSR count). The van der Waals surface area contributed by atoms with Crippen LogP contribution in [0.15, 0.2) is 23.6 Å². The molecular formula is C18H21Cl2N3O2S. The van der Waals surface area contributed by atoms with Gasteiger partial charge < -0.3 is 10.2 Å². The number of rotatable bonds is 7. The van der Waals surface area contributed by atoms with Gasteiger partial charge in [-0.25, -0.2) is 4.98 Å².